The molecule has 0 aliphatic rings. The van der Waals surface area contributed by atoms with Gasteiger partial charge in [0.05, 0.1) is 19.4 Å². The molecule has 0 bridgehead atoms. The van der Waals surface area contributed by atoms with Crippen LogP contribution < -0.4 is 5.32 Å². The lowest BCUT2D eigenvalue weighted by atomic mass is 10.3. The first-order chi connectivity index (χ1) is 6.26. The summed E-state index contributed by atoms with van der Waals surface area (Å²) in [5, 5.41) is 2.52. The van der Waals surface area contributed by atoms with Crippen LogP contribution in [0.15, 0.2) is 23.6 Å². The average molecular weight is 185 g/mol. The van der Waals surface area contributed by atoms with Gasteiger partial charge in [-0.25, -0.2) is 0 Å². The molecule has 0 aromatic heterocycles. The van der Waals surface area contributed by atoms with Crippen molar-refractivity contribution in [1.82, 2.24) is 5.32 Å². The Labute approximate surface area is 78.2 Å². The molecule has 0 spiro atoms. The van der Waals surface area contributed by atoms with Crippen LogP contribution in [0.1, 0.15) is 6.92 Å². The van der Waals surface area contributed by atoms with Crippen LogP contribution in [0.5, 0.6) is 0 Å². The molecule has 0 atom stereocenters. The van der Waals surface area contributed by atoms with Crippen molar-refractivity contribution in [1.29, 1.82) is 0 Å². The van der Waals surface area contributed by atoms with Crippen LogP contribution in [0, 0.1) is 0 Å². The highest BCUT2D eigenvalue weighted by Gasteiger charge is 1.96. The van der Waals surface area contributed by atoms with E-state index in [-0.39, 0.29) is 0 Å². The molecule has 1 N–H and O–H groups in total. The maximum Gasteiger partial charge on any atom is 0.211 e. The number of ether oxygens (including phenoxy) is 2. The van der Waals surface area contributed by atoms with Crippen LogP contribution >= 0.6 is 0 Å². The SMILES string of the molecule is COC/C=C\C(NC=O)=C(/C)OC. The molecule has 0 fully saturated rings. The molecule has 0 heterocycles. The van der Waals surface area contributed by atoms with Crippen molar-refractivity contribution in [3.63, 3.8) is 0 Å². The van der Waals surface area contributed by atoms with Gasteiger partial charge in [-0.15, -0.1) is 0 Å². The zero-order valence-electron chi connectivity index (χ0n) is 8.16. The van der Waals surface area contributed by atoms with Crippen molar-refractivity contribution in [3.8, 4) is 0 Å². The highest BCUT2D eigenvalue weighted by atomic mass is 16.5. The normalized spacial score (nSPS) is 12.5. The quantitative estimate of drug-likeness (QED) is 0.378. The number of carbonyl (C=O) groups is 1. The number of rotatable bonds is 6. The lowest BCUT2D eigenvalue weighted by Crippen LogP contribution is -2.11. The first kappa shape index (κ1) is 11.7. The van der Waals surface area contributed by atoms with Crippen LogP contribution in [0.25, 0.3) is 0 Å². The van der Waals surface area contributed by atoms with E-state index >= 15 is 0 Å². The maximum atomic E-state index is 10.2. The van der Waals surface area contributed by atoms with E-state index in [1.807, 2.05) is 0 Å². The summed E-state index contributed by atoms with van der Waals surface area (Å²) in [6, 6.07) is 0. The number of hydrogen-bond donors (Lipinski definition) is 1. The summed E-state index contributed by atoms with van der Waals surface area (Å²) in [5.74, 6) is 0.652. The number of methoxy groups -OCH3 is 2. The second-order valence-electron chi connectivity index (χ2n) is 2.29. The number of amides is 1. The van der Waals surface area contributed by atoms with Crippen LogP contribution in [0.2, 0.25) is 0 Å². The van der Waals surface area contributed by atoms with E-state index in [1.165, 1.54) is 0 Å². The molecular weight excluding hydrogens is 170 g/mol. The Morgan fingerprint density at radius 1 is 1.46 bits per heavy atom. The maximum absolute atomic E-state index is 10.2. The van der Waals surface area contributed by atoms with E-state index in [1.54, 1.807) is 33.3 Å². The topological polar surface area (TPSA) is 47.6 Å². The molecule has 0 aliphatic carbocycles. The van der Waals surface area contributed by atoms with Gasteiger partial charge in [-0.05, 0) is 13.0 Å². The monoisotopic (exact) mass is 185 g/mol. The minimum absolute atomic E-state index is 0.501. The molecule has 0 unspecified atom stereocenters. The Balaban J connectivity index is 4.33. The number of nitrogens with one attached hydrogen (secondary N) is 1. The van der Waals surface area contributed by atoms with Gasteiger partial charge in [0.15, 0.2) is 0 Å². The first-order valence-electron chi connectivity index (χ1n) is 3.86. The van der Waals surface area contributed by atoms with Gasteiger partial charge in [0, 0.05) is 7.11 Å². The van der Waals surface area contributed by atoms with E-state index in [0.29, 0.717) is 24.5 Å². The third kappa shape index (κ3) is 5.03. The summed E-state index contributed by atoms with van der Waals surface area (Å²) in [4.78, 5) is 10.2. The summed E-state index contributed by atoms with van der Waals surface area (Å²) in [6.07, 6.45) is 4.13. The smallest absolute Gasteiger partial charge is 0.211 e. The molecule has 1 amide bonds. The molecular formula is C9H15NO3. The lowest BCUT2D eigenvalue weighted by molar-refractivity contribution is -0.108. The average Bonchev–Trinajstić information content (AvgIpc) is 2.16. The Hall–Kier alpha value is -1.29. The molecule has 0 rings (SSSR count). The third-order valence-electron chi connectivity index (χ3n) is 1.45. The highest BCUT2D eigenvalue weighted by molar-refractivity contribution is 5.52. The van der Waals surface area contributed by atoms with Gasteiger partial charge in [-0.2, -0.15) is 0 Å². The zero-order chi connectivity index (χ0) is 10.1. The van der Waals surface area contributed by atoms with Gasteiger partial charge in [0.2, 0.25) is 6.41 Å². The zero-order valence-corrected chi connectivity index (χ0v) is 8.16. The molecule has 4 nitrogen and oxygen atoms in total. The third-order valence-corrected chi connectivity index (χ3v) is 1.45. The summed E-state index contributed by atoms with van der Waals surface area (Å²) >= 11 is 0. The Bertz CT molecular complexity index is 209. The fourth-order valence-corrected chi connectivity index (χ4v) is 0.703. The van der Waals surface area contributed by atoms with Crippen molar-refractivity contribution in [2.24, 2.45) is 0 Å². The van der Waals surface area contributed by atoms with E-state index in [9.17, 15) is 4.79 Å². The molecule has 0 saturated heterocycles. The van der Waals surface area contributed by atoms with E-state index in [4.69, 9.17) is 9.47 Å². The fourth-order valence-electron chi connectivity index (χ4n) is 0.703. The second-order valence-corrected chi connectivity index (χ2v) is 2.29. The number of carbonyl (C=O) groups excluding carboxylic acids is 1. The van der Waals surface area contributed by atoms with Gasteiger partial charge >= 0.3 is 0 Å². The Morgan fingerprint density at radius 3 is 2.62 bits per heavy atom. The van der Waals surface area contributed by atoms with Gasteiger partial charge in [0.1, 0.15) is 5.76 Å². The summed E-state index contributed by atoms with van der Waals surface area (Å²) in [6.45, 7) is 2.27. The molecule has 0 aliphatic heterocycles. The van der Waals surface area contributed by atoms with Crippen molar-refractivity contribution in [3.05, 3.63) is 23.6 Å². The van der Waals surface area contributed by atoms with Crippen molar-refractivity contribution in [2.75, 3.05) is 20.8 Å². The minimum Gasteiger partial charge on any atom is -0.499 e. The predicted molar refractivity (Wildman–Crippen MR) is 49.9 cm³/mol. The molecule has 13 heavy (non-hydrogen) atoms. The second kappa shape index (κ2) is 7.36. The summed E-state index contributed by atoms with van der Waals surface area (Å²) in [7, 11) is 3.15. The Morgan fingerprint density at radius 2 is 2.15 bits per heavy atom. The Kier molecular flexibility index (Phi) is 6.63. The standard InChI is InChI=1S/C9H15NO3/c1-8(13-3)9(10-7-11)5-4-6-12-2/h4-5,7H,6H2,1-3H3,(H,10,11)/b5-4-,9-8-. The molecule has 0 aromatic carbocycles. The van der Waals surface area contributed by atoms with E-state index in [2.05, 4.69) is 5.32 Å². The number of allylic oxidation sites excluding steroid dienone is 2. The van der Waals surface area contributed by atoms with Crippen LogP contribution in [-0.2, 0) is 14.3 Å². The molecule has 4 heteroatoms. The van der Waals surface area contributed by atoms with Crippen molar-refractivity contribution >= 4 is 6.41 Å². The van der Waals surface area contributed by atoms with Gasteiger partial charge in [-0.3, -0.25) is 4.79 Å². The van der Waals surface area contributed by atoms with Crippen LogP contribution in [-0.4, -0.2) is 27.2 Å². The van der Waals surface area contributed by atoms with Crippen LogP contribution in [0.3, 0.4) is 0 Å². The first-order valence-corrected chi connectivity index (χ1v) is 3.86. The molecule has 0 saturated carbocycles. The van der Waals surface area contributed by atoms with Gasteiger partial charge in [0.25, 0.3) is 0 Å². The molecule has 0 radical (unpaired) electrons. The summed E-state index contributed by atoms with van der Waals surface area (Å²) < 4.78 is 9.78. The van der Waals surface area contributed by atoms with E-state index < -0.39 is 0 Å². The lowest BCUT2D eigenvalue weighted by Gasteiger charge is -2.05. The van der Waals surface area contributed by atoms with Crippen molar-refractivity contribution < 1.29 is 14.3 Å². The van der Waals surface area contributed by atoms with Gasteiger partial charge in [-0.1, -0.05) is 6.08 Å². The molecule has 74 valence electrons. The van der Waals surface area contributed by atoms with Gasteiger partial charge < -0.3 is 14.8 Å². The molecule has 0 aromatic rings. The summed E-state index contributed by atoms with van der Waals surface area (Å²) in [5.41, 5.74) is 0.634. The number of hydrogen-bond acceptors (Lipinski definition) is 3. The highest BCUT2D eigenvalue weighted by Crippen LogP contribution is 2.01. The largest absolute Gasteiger partial charge is 0.499 e. The minimum atomic E-state index is 0.501. The van der Waals surface area contributed by atoms with Crippen LogP contribution in [0.4, 0.5) is 0 Å². The van der Waals surface area contributed by atoms with E-state index in [0.717, 1.165) is 0 Å². The fraction of sp³-hybridized carbons (Fsp3) is 0.444. The van der Waals surface area contributed by atoms with Crippen molar-refractivity contribution in [2.45, 2.75) is 6.92 Å². The predicted octanol–water partition coefficient (Wildman–Crippen LogP) is 0.813.